The van der Waals surface area contributed by atoms with Crippen LogP contribution in [-0.4, -0.2) is 30.3 Å². The van der Waals surface area contributed by atoms with Gasteiger partial charge < -0.3 is 15.2 Å². The number of amides is 1. The van der Waals surface area contributed by atoms with Crippen LogP contribution in [0, 0.1) is 0 Å². The standard InChI is InChI=1S/C24H25NO3/c1-24(27,16-18-8-14-22(28-2)15-9-18)17-25-23(26)21-12-10-20(11-13-21)19-6-4-3-5-7-19/h3-15,27H,16-17H2,1-2H3,(H,25,26)/t24-/m0/s1. The van der Waals surface area contributed by atoms with Crippen molar-refractivity contribution in [3.8, 4) is 16.9 Å². The molecule has 1 amide bonds. The monoisotopic (exact) mass is 375 g/mol. The van der Waals surface area contributed by atoms with E-state index in [9.17, 15) is 9.90 Å². The molecule has 0 saturated carbocycles. The molecule has 0 radical (unpaired) electrons. The molecule has 0 aliphatic heterocycles. The van der Waals surface area contributed by atoms with Crippen LogP contribution in [0.1, 0.15) is 22.8 Å². The Morgan fingerprint density at radius 2 is 1.54 bits per heavy atom. The molecule has 3 aromatic carbocycles. The van der Waals surface area contributed by atoms with Gasteiger partial charge in [0.2, 0.25) is 0 Å². The summed E-state index contributed by atoms with van der Waals surface area (Å²) < 4.78 is 5.14. The first-order valence-corrected chi connectivity index (χ1v) is 9.26. The Hall–Kier alpha value is -3.11. The van der Waals surface area contributed by atoms with Crippen LogP contribution in [0.25, 0.3) is 11.1 Å². The molecule has 0 fully saturated rings. The van der Waals surface area contributed by atoms with Crippen molar-refractivity contribution < 1.29 is 14.6 Å². The molecule has 144 valence electrons. The van der Waals surface area contributed by atoms with Gasteiger partial charge in [0.1, 0.15) is 5.75 Å². The minimum atomic E-state index is -1.05. The summed E-state index contributed by atoms with van der Waals surface area (Å²) in [5, 5.41) is 13.5. The van der Waals surface area contributed by atoms with Crippen molar-refractivity contribution in [1.29, 1.82) is 0 Å². The molecule has 0 heterocycles. The highest BCUT2D eigenvalue weighted by atomic mass is 16.5. The lowest BCUT2D eigenvalue weighted by molar-refractivity contribution is 0.0552. The molecule has 0 aliphatic carbocycles. The second-order valence-corrected chi connectivity index (χ2v) is 7.15. The summed E-state index contributed by atoms with van der Waals surface area (Å²) in [4.78, 5) is 12.4. The van der Waals surface area contributed by atoms with Gasteiger partial charge in [-0.25, -0.2) is 0 Å². The van der Waals surface area contributed by atoms with Crippen LogP contribution < -0.4 is 10.1 Å². The number of hydrogen-bond donors (Lipinski definition) is 2. The van der Waals surface area contributed by atoms with Crippen molar-refractivity contribution in [1.82, 2.24) is 5.32 Å². The van der Waals surface area contributed by atoms with Crippen molar-refractivity contribution in [3.05, 3.63) is 90.0 Å². The van der Waals surface area contributed by atoms with E-state index in [1.54, 1.807) is 26.2 Å². The van der Waals surface area contributed by atoms with Gasteiger partial charge in [-0.2, -0.15) is 0 Å². The fourth-order valence-corrected chi connectivity index (χ4v) is 3.06. The van der Waals surface area contributed by atoms with E-state index in [1.807, 2.05) is 66.7 Å². The number of rotatable bonds is 7. The van der Waals surface area contributed by atoms with E-state index >= 15 is 0 Å². The molecule has 3 aromatic rings. The van der Waals surface area contributed by atoms with Crippen molar-refractivity contribution in [2.75, 3.05) is 13.7 Å². The zero-order valence-electron chi connectivity index (χ0n) is 16.2. The van der Waals surface area contributed by atoms with Crippen LogP contribution >= 0.6 is 0 Å². The molecule has 0 saturated heterocycles. The SMILES string of the molecule is COc1ccc(C[C@](C)(O)CNC(=O)c2ccc(-c3ccccc3)cc2)cc1. The predicted octanol–water partition coefficient (Wildman–Crippen LogP) is 4.09. The summed E-state index contributed by atoms with van der Waals surface area (Å²) in [6, 6.07) is 25.0. The van der Waals surface area contributed by atoms with Gasteiger partial charge in [0.25, 0.3) is 5.91 Å². The fraction of sp³-hybridized carbons (Fsp3) is 0.208. The minimum Gasteiger partial charge on any atom is -0.497 e. The zero-order chi connectivity index (χ0) is 20.0. The minimum absolute atomic E-state index is 0.165. The van der Waals surface area contributed by atoms with E-state index in [1.165, 1.54) is 0 Å². The topological polar surface area (TPSA) is 58.6 Å². The number of hydrogen-bond acceptors (Lipinski definition) is 3. The fourth-order valence-electron chi connectivity index (χ4n) is 3.06. The quantitative estimate of drug-likeness (QED) is 0.654. The first-order chi connectivity index (χ1) is 13.5. The molecule has 0 aliphatic rings. The molecule has 28 heavy (non-hydrogen) atoms. The van der Waals surface area contributed by atoms with Gasteiger partial charge >= 0.3 is 0 Å². The van der Waals surface area contributed by atoms with Gasteiger partial charge in [-0.05, 0) is 47.9 Å². The number of ether oxygens (including phenoxy) is 1. The van der Waals surface area contributed by atoms with Gasteiger partial charge in [0, 0.05) is 18.5 Å². The lowest BCUT2D eigenvalue weighted by Crippen LogP contribution is -2.42. The number of methoxy groups -OCH3 is 1. The number of carbonyl (C=O) groups excluding carboxylic acids is 1. The van der Waals surface area contributed by atoms with Gasteiger partial charge in [-0.15, -0.1) is 0 Å². The van der Waals surface area contributed by atoms with E-state index in [-0.39, 0.29) is 12.5 Å². The zero-order valence-corrected chi connectivity index (χ0v) is 16.2. The van der Waals surface area contributed by atoms with Crippen molar-refractivity contribution >= 4 is 5.91 Å². The third-order valence-electron chi connectivity index (χ3n) is 4.63. The van der Waals surface area contributed by atoms with Crippen LogP contribution in [-0.2, 0) is 6.42 Å². The Morgan fingerprint density at radius 3 is 2.14 bits per heavy atom. The van der Waals surface area contributed by atoms with Crippen LogP contribution in [0.4, 0.5) is 0 Å². The predicted molar refractivity (Wildman–Crippen MR) is 112 cm³/mol. The summed E-state index contributed by atoms with van der Waals surface area (Å²) in [5.41, 5.74) is 2.67. The Kier molecular flexibility index (Phi) is 6.12. The molecule has 2 N–H and O–H groups in total. The van der Waals surface area contributed by atoms with Crippen molar-refractivity contribution in [3.63, 3.8) is 0 Å². The van der Waals surface area contributed by atoms with Crippen LogP contribution in [0.2, 0.25) is 0 Å². The van der Waals surface area contributed by atoms with Crippen LogP contribution in [0.5, 0.6) is 5.75 Å². The third kappa shape index (κ3) is 5.21. The maximum atomic E-state index is 12.4. The van der Waals surface area contributed by atoms with Gasteiger partial charge in [0.15, 0.2) is 0 Å². The van der Waals surface area contributed by atoms with Crippen LogP contribution in [0.15, 0.2) is 78.9 Å². The average molecular weight is 375 g/mol. The van der Waals surface area contributed by atoms with Crippen LogP contribution in [0.3, 0.4) is 0 Å². The summed E-state index contributed by atoms with van der Waals surface area (Å²) >= 11 is 0. The molecule has 4 nitrogen and oxygen atoms in total. The smallest absolute Gasteiger partial charge is 0.251 e. The molecule has 0 bridgehead atoms. The Bertz CT molecular complexity index is 901. The second kappa shape index (κ2) is 8.72. The number of nitrogens with one attached hydrogen (secondary N) is 1. The third-order valence-corrected chi connectivity index (χ3v) is 4.63. The van der Waals surface area contributed by atoms with E-state index in [0.29, 0.717) is 12.0 Å². The van der Waals surface area contributed by atoms with E-state index in [0.717, 1.165) is 22.4 Å². The Morgan fingerprint density at radius 1 is 0.929 bits per heavy atom. The highest BCUT2D eigenvalue weighted by Crippen LogP contribution is 2.20. The molecule has 3 rings (SSSR count). The maximum absolute atomic E-state index is 12.4. The average Bonchev–Trinajstić information content (AvgIpc) is 2.73. The lowest BCUT2D eigenvalue weighted by atomic mass is 9.96. The lowest BCUT2D eigenvalue weighted by Gasteiger charge is -2.24. The second-order valence-electron chi connectivity index (χ2n) is 7.15. The molecule has 0 aromatic heterocycles. The summed E-state index contributed by atoms with van der Waals surface area (Å²) in [7, 11) is 1.62. The molecule has 1 atom stereocenters. The molecular weight excluding hydrogens is 350 g/mol. The van der Waals surface area contributed by atoms with Gasteiger partial charge in [-0.3, -0.25) is 4.79 Å². The normalized spacial score (nSPS) is 12.8. The number of carbonyl (C=O) groups is 1. The first-order valence-electron chi connectivity index (χ1n) is 9.26. The molecule has 0 spiro atoms. The Labute approximate surface area is 165 Å². The van der Waals surface area contributed by atoms with E-state index in [2.05, 4.69) is 5.32 Å². The molecule has 0 unspecified atom stereocenters. The Balaban J connectivity index is 1.57. The maximum Gasteiger partial charge on any atom is 0.251 e. The largest absolute Gasteiger partial charge is 0.497 e. The van der Waals surface area contributed by atoms with E-state index in [4.69, 9.17) is 4.74 Å². The molecule has 4 heteroatoms. The summed E-state index contributed by atoms with van der Waals surface area (Å²) in [6.45, 7) is 1.88. The summed E-state index contributed by atoms with van der Waals surface area (Å²) in [5.74, 6) is 0.574. The number of benzene rings is 3. The summed E-state index contributed by atoms with van der Waals surface area (Å²) in [6.07, 6.45) is 0.435. The highest BCUT2D eigenvalue weighted by molar-refractivity contribution is 5.94. The number of aliphatic hydroxyl groups is 1. The first kappa shape index (κ1) is 19.6. The van der Waals surface area contributed by atoms with Gasteiger partial charge in [0.05, 0.1) is 12.7 Å². The molecular formula is C24H25NO3. The van der Waals surface area contributed by atoms with Crippen molar-refractivity contribution in [2.24, 2.45) is 0 Å². The van der Waals surface area contributed by atoms with E-state index < -0.39 is 5.60 Å². The van der Waals surface area contributed by atoms with Crippen molar-refractivity contribution in [2.45, 2.75) is 18.9 Å². The van der Waals surface area contributed by atoms with Gasteiger partial charge in [-0.1, -0.05) is 54.6 Å². The highest BCUT2D eigenvalue weighted by Gasteiger charge is 2.22.